The maximum atomic E-state index is 5.74. The van der Waals surface area contributed by atoms with E-state index in [2.05, 4.69) is 13.0 Å². The molecular weight excluding hydrogens is 134 g/mol. The Kier molecular flexibility index (Phi) is 2.96. The first kappa shape index (κ1) is 8.12. The summed E-state index contributed by atoms with van der Waals surface area (Å²) < 4.78 is 0. The zero-order valence-corrected chi connectivity index (χ0v) is 6.72. The van der Waals surface area contributed by atoms with Gasteiger partial charge in [0.2, 0.25) is 0 Å². The number of nitrogen functional groups attached to an aromatic ring is 1. The third-order valence-electron chi connectivity index (χ3n) is 1.75. The fraction of sp³-hybridized carbons (Fsp3) is 0.300. The minimum atomic E-state index is 0.904. The summed E-state index contributed by atoms with van der Waals surface area (Å²) in [6.07, 6.45) is 3.15. The molecule has 0 bridgehead atoms. The van der Waals surface area contributed by atoms with Crippen LogP contribution in [0.5, 0.6) is 0 Å². The molecule has 1 rings (SSSR count). The van der Waals surface area contributed by atoms with Gasteiger partial charge in [0, 0.05) is 5.69 Å². The van der Waals surface area contributed by atoms with E-state index in [0.717, 1.165) is 24.9 Å². The smallest absolute Gasteiger partial charge is 0.0346 e. The minimum absolute atomic E-state index is 0.904. The first-order valence-electron chi connectivity index (χ1n) is 3.97. The van der Waals surface area contributed by atoms with Gasteiger partial charge in [-0.15, -0.1) is 0 Å². The van der Waals surface area contributed by atoms with E-state index in [1.54, 1.807) is 0 Å². The van der Waals surface area contributed by atoms with Crippen LogP contribution in [0.25, 0.3) is 0 Å². The summed E-state index contributed by atoms with van der Waals surface area (Å²) in [5.41, 5.74) is 7.89. The lowest BCUT2D eigenvalue weighted by Gasteiger charge is -2.02. The van der Waals surface area contributed by atoms with Gasteiger partial charge in [0.05, 0.1) is 0 Å². The molecule has 1 radical (unpaired) electrons. The lowest BCUT2D eigenvalue weighted by molar-refractivity contribution is 0.843. The van der Waals surface area contributed by atoms with Gasteiger partial charge in [-0.2, -0.15) is 0 Å². The second-order valence-corrected chi connectivity index (χ2v) is 2.66. The lowest BCUT2D eigenvalue weighted by atomic mass is 10.1. The number of benzene rings is 1. The number of unbranched alkanes of at least 4 members (excludes halogenated alkanes) is 1. The molecule has 0 heterocycles. The fourth-order valence-electron chi connectivity index (χ4n) is 1.08. The van der Waals surface area contributed by atoms with Crippen LogP contribution in [0.1, 0.15) is 18.4 Å². The van der Waals surface area contributed by atoms with Gasteiger partial charge in [-0.25, -0.2) is 0 Å². The molecule has 0 atom stereocenters. The number of nitrogens with two attached hydrogens (primary N) is 1. The average Bonchev–Trinajstić information content (AvgIpc) is 2.03. The highest BCUT2D eigenvalue weighted by Gasteiger charge is 1.94. The lowest BCUT2D eigenvalue weighted by Crippen LogP contribution is -1.93. The van der Waals surface area contributed by atoms with Crippen LogP contribution >= 0.6 is 0 Å². The van der Waals surface area contributed by atoms with Crippen LogP contribution in [0.2, 0.25) is 0 Å². The Bertz CT molecular complexity index is 218. The normalized spacial score (nSPS) is 9.91. The molecule has 1 aromatic rings. The van der Waals surface area contributed by atoms with Crippen LogP contribution in [0.15, 0.2) is 24.3 Å². The van der Waals surface area contributed by atoms with Gasteiger partial charge < -0.3 is 5.73 Å². The molecule has 0 aliphatic carbocycles. The van der Waals surface area contributed by atoms with Crippen molar-refractivity contribution in [3.63, 3.8) is 0 Å². The van der Waals surface area contributed by atoms with Crippen LogP contribution in [0.4, 0.5) is 5.69 Å². The van der Waals surface area contributed by atoms with Crippen molar-refractivity contribution in [1.82, 2.24) is 0 Å². The van der Waals surface area contributed by atoms with Crippen molar-refractivity contribution >= 4 is 5.69 Å². The van der Waals surface area contributed by atoms with Gasteiger partial charge in [0.1, 0.15) is 0 Å². The predicted molar refractivity (Wildman–Crippen MR) is 49.1 cm³/mol. The summed E-state index contributed by atoms with van der Waals surface area (Å²) in [6, 6.07) is 8.00. The van der Waals surface area contributed by atoms with Crippen molar-refractivity contribution in [3.8, 4) is 0 Å². The second-order valence-electron chi connectivity index (χ2n) is 2.66. The molecule has 59 valence electrons. The minimum Gasteiger partial charge on any atom is -0.399 e. The van der Waals surface area contributed by atoms with Gasteiger partial charge in [-0.1, -0.05) is 31.5 Å². The number of hydrogen-bond acceptors (Lipinski definition) is 1. The Labute approximate surface area is 68.2 Å². The van der Waals surface area contributed by atoms with E-state index < -0.39 is 0 Å². The maximum absolute atomic E-state index is 5.74. The van der Waals surface area contributed by atoms with Gasteiger partial charge in [0.25, 0.3) is 0 Å². The third-order valence-corrected chi connectivity index (χ3v) is 1.75. The Morgan fingerprint density at radius 1 is 1.27 bits per heavy atom. The Hall–Kier alpha value is -0.980. The van der Waals surface area contributed by atoms with E-state index in [1.165, 1.54) is 5.56 Å². The highest BCUT2D eigenvalue weighted by Crippen LogP contribution is 2.12. The molecule has 0 spiro atoms. The Morgan fingerprint density at radius 2 is 2.00 bits per heavy atom. The Morgan fingerprint density at radius 3 is 2.64 bits per heavy atom. The number of aryl methyl sites for hydroxylation is 1. The van der Waals surface area contributed by atoms with Gasteiger partial charge >= 0.3 is 0 Å². The van der Waals surface area contributed by atoms with E-state index in [9.17, 15) is 0 Å². The molecular formula is C10H14N. The highest BCUT2D eigenvalue weighted by atomic mass is 14.6. The number of hydrogen-bond donors (Lipinski definition) is 1. The van der Waals surface area contributed by atoms with E-state index in [-0.39, 0.29) is 0 Å². The van der Waals surface area contributed by atoms with Crippen molar-refractivity contribution in [2.75, 3.05) is 5.73 Å². The summed E-state index contributed by atoms with van der Waals surface area (Å²) in [5, 5.41) is 0. The zero-order chi connectivity index (χ0) is 8.10. The molecule has 0 saturated heterocycles. The van der Waals surface area contributed by atoms with Crippen LogP contribution in [0, 0.1) is 6.92 Å². The number of anilines is 1. The van der Waals surface area contributed by atoms with Crippen LogP contribution < -0.4 is 5.73 Å². The number of rotatable bonds is 3. The Balaban J connectivity index is 2.62. The average molecular weight is 148 g/mol. The number of para-hydroxylation sites is 1. The summed E-state index contributed by atoms with van der Waals surface area (Å²) in [7, 11) is 0. The summed E-state index contributed by atoms with van der Waals surface area (Å²) in [6.45, 7) is 3.79. The largest absolute Gasteiger partial charge is 0.399 e. The quantitative estimate of drug-likeness (QED) is 0.654. The molecule has 0 aromatic heterocycles. The summed E-state index contributed by atoms with van der Waals surface area (Å²) >= 11 is 0. The van der Waals surface area contributed by atoms with E-state index in [1.807, 2.05) is 18.2 Å². The molecule has 1 heteroatoms. The first-order valence-corrected chi connectivity index (χ1v) is 3.97. The van der Waals surface area contributed by atoms with E-state index in [0.29, 0.717) is 0 Å². The monoisotopic (exact) mass is 148 g/mol. The highest BCUT2D eigenvalue weighted by molar-refractivity contribution is 5.46. The fourth-order valence-corrected chi connectivity index (χ4v) is 1.08. The van der Waals surface area contributed by atoms with Crippen molar-refractivity contribution < 1.29 is 0 Å². The second kappa shape index (κ2) is 4.02. The molecule has 0 saturated carbocycles. The van der Waals surface area contributed by atoms with E-state index in [4.69, 9.17) is 5.73 Å². The standard InChI is InChI=1S/C10H14N/c1-2-3-6-9-7-4-5-8-10(9)11/h4-5,7-8H,1-3,6,11H2. The molecule has 1 nitrogen and oxygen atoms in total. The predicted octanol–water partition coefficient (Wildman–Crippen LogP) is 2.43. The molecule has 0 unspecified atom stereocenters. The topological polar surface area (TPSA) is 26.0 Å². The zero-order valence-electron chi connectivity index (χ0n) is 6.72. The van der Waals surface area contributed by atoms with Crippen molar-refractivity contribution in [2.45, 2.75) is 19.3 Å². The molecule has 0 aliphatic heterocycles. The molecule has 0 amide bonds. The maximum Gasteiger partial charge on any atom is 0.0346 e. The van der Waals surface area contributed by atoms with Gasteiger partial charge in [0.15, 0.2) is 0 Å². The van der Waals surface area contributed by atoms with Crippen molar-refractivity contribution in [2.24, 2.45) is 0 Å². The van der Waals surface area contributed by atoms with Crippen molar-refractivity contribution in [3.05, 3.63) is 36.8 Å². The molecule has 11 heavy (non-hydrogen) atoms. The van der Waals surface area contributed by atoms with Gasteiger partial charge in [-0.3, -0.25) is 0 Å². The van der Waals surface area contributed by atoms with Crippen molar-refractivity contribution in [1.29, 1.82) is 0 Å². The van der Waals surface area contributed by atoms with Crippen LogP contribution in [-0.4, -0.2) is 0 Å². The summed E-state index contributed by atoms with van der Waals surface area (Å²) in [5.74, 6) is 0. The molecule has 1 aromatic carbocycles. The molecule has 0 fully saturated rings. The third kappa shape index (κ3) is 2.26. The molecule has 0 aliphatic rings. The van der Waals surface area contributed by atoms with Gasteiger partial charge in [-0.05, 0) is 24.5 Å². The molecule has 2 N–H and O–H groups in total. The van der Waals surface area contributed by atoms with Crippen LogP contribution in [-0.2, 0) is 6.42 Å². The SMILES string of the molecule is [CH2]CCCc1ccccc1N. The van der Waals surface area contributed by atoms with E-state index >= 15 is 0 Å². The van der Waals surface area contributed by atoms with Crippen LogP contribution in [0.3, 0.4) is 0 Å². The first-order chi connectivity index (χ1) is 5.34. The summed E-state index contributed by atoms with van der Waals surface area (Å²) in [4.78, 5) is 0.